The maximum atomic E-state index is 13.4. The molecule has 0 saturated heterocycles. The first kappa shape index (κ1) is 19.5. The summed E-state index contributed by atoms with van der Waals surface area (Å²) in [6.45, 7) is 0. The Balaban J connectivity index is 2.02. The van der Waals surface area contributed by atoms with Crippen LogP contribution >= 0.6 is 11.6 Å². The summed E-state index contributed by atoms with van der Waals surface area (Å²) in [7, 11) is 0. The van der Waals surface area contributed by atoms with Gasteiger partial charge in [0.25, 0.3) is 11.8 Å². The van der Waals surface area contributed by atoms with E-state index < -0.39 is 29.4 Å². The molecule has 0 spiro atoms. The van der Waals surface area contributed by atoms with Gasteiger partial charge in [-0.25, -0.2) is 4.39 Å². The highest BCUT2D eigenvalue weighted by molar-refractivity contribution is 6.32. The maximum Gasteiger partial charge on any atom is 0.416 e. The third kappa shape index (κ3) is 5.06. The summed E-state index contributed by atoms with van der Waals surface area (Å²) in [5.41, 5.74) is 2.74. The second kappa shape index (κ2) is 8.01. The van der Waals surface area contributed by atoms with Crippen LogP contribution in [0.5, 0.6) is 0 Å². The minimum atomic E-state index is -4.55. The van der Waals surface area contributed by atoms with Gasteiger partial charge in [-0.3, -0.25) is 20.4 Å². The van der Waals surface area contributed by atoms with Gasteiger partial charge in [0.1, 0.15) is 5.82 Å². The second-order valence-electron chi connectivity index (χ2n) is 4.99. The largest absolute Gasteiger partial charge is 0.416 e. The minimum absolute atomic E-state index is 0.0115. The molecule has 136 valence electrons. The summed E-state index contributed by atoms with van der Waals surface area (Å²) in [6.07, 6.45) is -2.62. The predicted octanol–water partition coefficient (Wildman–Crippen LogP) is 3.97. The molecule has 0 unspecified atom stereocenters. The average Bonchev–Trinajstić information content (AvgIpc) is 2.58. The number of benzene rings is 2. The van der Waals surface area contributed by atoms with Crippen LogP contribution in [-0.2, 0) is 11.0 Å². The van der Waals surface area contributed by atoms with Gasteiger partial charge in [0, 0.05) is 11.1 Å². The highest BCUT2D eigenvalue weighted by Gasteiger charge is 2.30. The lowest BCUT2D eigenvalue weighted by atomic mass is 10.1. The first-order chi connectivity index (χ1) is 12.2. The molecular formula is C17H11ClF4N2O2. The van der Waals surface area contributed by atoms with Gasteiger partial charge in [-0.05, 0) is 42.0 Å². The van der Waals surface area contributed by atoms with Crippen molar-refractivity contribution >= 4 is 29.5 Å². The molecule has 0 fully saturated rings. The lowest BCUT2D eigenvalue weighted by Gasteiger charge is -2.08. The van der Waals surface area contributed by atoms with Crippen molar-refractivity contribution in [3.63, 3.8) is 0 Å². The number of carbonyl (C=O) groups is 2. The van der Waals surface area contributed by atoms with E-state index in [1.54, 1.807) is 0 Å². The number of nitrogens with one attached hydrogen (secondary N) is 2. The Bertz CT molecular complexity index is 866. The van der Waals surface area contributed by atoms with Crippen molar-refractivity contribution in [2.45, 2.75) is 6.18 Å². The van der Waals surface area contributed by atoms with E-state index >= 15 is 0 Å². The smallest absolute Gasteiger partial charge is 0.268 e. The molecule has 2 N–H and O–H groups in total. The number of rotatable bonds is 3. The fourth-order valence-electron chi connectivity index (χ4n) is 1.89. The molecule has 9 heteroatoms. The first-order valence-corrected chi connectivity index (χ1v) is 7.46. The summed E-state index contributed by atoms with van der Waals surface area (Å²) >= 11 is 5.79. The Morgan fingerprint density at radius 3 is 2.38 bits per heavy atom. The van der Waals surface area contributed by atoms with Crippen LogP contribution < -0.4 is 10.9 Å². The molecular weight excluding hydrogens is 376 g/mol. The van der Waals surface area contributed by atoms with Crippen molar-refractivity contribution in [2.75, 3.05) is 0 Å². The molecule has 0 aliphatic rings. The predicted molar refractivity (Wildman–Crippen MR) is 87.5 cm³/mol. The summed E-state index contributed by atoms with van der Waals surface area (Å²) in [5, 5.41) is 0.0115. The molecule has 26 heavy (non-hydrogen) atoms. The maximum absolute atomic E-state index is 13.4. The van der Waals surface area contributed by atoms with E-state index in [0.717, 1.165) is 36.4 Å². The molecule has 2 rings (SSSR count). The Hall–Kier alpha value is -2.87. The van der Waals surface area contributed by atoms with E-state index in [9.17, 15) is 27.2 Å². The van der Waals surface area contributed by atoms with Crippen LogP contribution in [0.4, 0.5) is 17.6 Å². The minimum Gasteiger partial charge on any atom is -0.268 e. The van der Waals surface area contributed by atoms with Crippen molar-refractivity contribution in [3.8, 4) is 0 Å². The second-order valence-corrected chi connectivity index (χ2v) is 5.40. The SMILES string of the molecule is O=C(/C=C/c1cc(C(F)(F)F)ccc1Cl)NNC(=O)c1ccccc1F. The number of halogens is 5. The number of amides is 2. The molecule has 0 bridgehead atoms. The standard InChI is InChI=1S/C17H11ClF4N2O2/c18-13-7-6-11(17(20,21)22)9-10(13)5-8-15(25)23-24-16(26)12-3-1-2-4-14(12)19/h1-9H,(H,23,25)(H,24,26)/b8-5+. The number of hydrazine groups is 1. The Morgan fingerprint density at radius 2 is 1.73 bits per heavy atom. The van der Waals surface area contributed by atoms with Crippen molar-refractivity contribution in [3.05, 3.63) is 76.1 Å². The van der Waals surface area contributed by atoms with Gasteiger partial charge < -0.3 is 0 Å². The normalized spacial score (nSPS) is 11.4. The number of hydrogen-bond acceptors (Lipinski definition) is 2. The fraction of sp³-hybridized carbons (Fsp3) is 0.0588. The zero-order chi connectivity index (χ0) is 19.3. The average molecular weight is 387 g/mol. The van der Waals surface area contributed by atoms with Crippen molar-refractivity contribution < 1.29 is 27.2 Å². The molecule has 4 nitrogen and oxygen atoms in total. The fourth-order valence-corrected chi connectivity index (χ4v) is 2.07. The summed E-state index contributed by atoms with van der Waals surface area (Å²) in [5.74, 6) is -2.50. The topological polar surface area (TPSA) is 58.2 Å². The molecule has 0 heterocycles. The van der Waals surface area contributed by atoms with Crippen LogP contribution in [0.15, 0.2) is 48.5 Å². The van der Waals surface area contributed by atoms with Gasteiger partial charge in [-0.1, -0.05) is 23.7 Å². The third-order valence-electron chi connectivity index (χ3n) is 3.16. The molecule has 0 saturated carbocycles. The first-order valence-electron chi connectivity index (χ1n) is 7.08. The molecule has 2 aromatic carbocycles. The van der Waals surface area contributed by atoms with Crippen LogP contribution in [0.2, 0.25) is 5.02 Å². The van der Waals surface area contributed by atoms with Crippen LogP contribution in [0.1, 0.15) is 21.5 Å². The highest BCUT2D eigenvalue weighted by Crippen LogP contribution is 2.32. The van der Waals surface area contributed by atoms with Crippen LogP contribution in [0, 0.1) is 5.82 Å². The van der Waals surface area contributed by atoms with Crippen LogP contribution in [0.25, 0.3) is 6.08 Å². The molecule has 0 aromatic heterocycles. The van der Waals surface area contributed by atoms with Crippen LogP contribution in [-0.4, -0.2) is 11.8 Å². The molecule has 0 radical (unpaired) electrons. The Kier molecular flexibility index (Phi) is 5.99. The molecule has 2 aromatic rings. The van der Waals surface area contributed by atoms with Gasteiger partial charge in [-0.15, -0.1) is 0 Å². The van der Waals surface area contributed by atoms with E-state index in [-0.39, 0.29) is 16.1 Å². The molecule has 0 aliphatic carbocycles. The Labute approximate surface area is 150 Å². The molecule has 0 atom stereocenters. The summed E-state index contributed by atoms with van der Waals surface area (Å²) < 4.78 is 51.5. The van der Waals surface area contributed by atoms with E-state index in [0.29, 0.717) is 0 Å². The van der Waals surface area contributed by atoms with Crippen molar-refractivity contribution in [1.29, 1.82) is 0 Å². The number of alkyl halides is 3. The third-order valence-corrected chi connectivity index (χ3v) is 3.50. The van der Waals surface area contributed by atoms with E-state index in [2.05, 4.69) is 0 Å². The van der Waals surface area contributed by atoms with Crippen molar-refractivity contribution in [1.82, 2.24) is 10.9 Å². The lowest BCUT2D eigenvalue weighted by Crippen LogP contribution is -2.41. The quantitative estimate of drug-likeness (QED) is 0.476. The summed E-state index contributed by atoms with van der Waals surface area (Å²) in [4.78, 5) is 23.4. The number of hydrogen-bond donors (Lipinski definition) is 2. The van der Waals surface area contributed by atoms with Crippen LogP contribution in [0.3, 0.4) is 0 Å². The van der Waals surface area contributed by atoms with Gasteiger partial charge in [0.05, 0.1) is 11.1 Å². The highest BCUT2D eigenvalue weighted by atomic mass is 35.5. The van der Waals surface area contributed by atoms with E-state index in [4.69, 9.17) is 11.6 Å². The van der Waals surface area contributed by atoms with E-state index in [1.807, 2.05) is 10.9 Å². The van der Waals surface area contributed by atoms with E-state index in [1.165, 1.54) is 18.2 Å². The molecule has 0 aliphatic heterocycles. The number of carbonyl (C=O) groups excluding carboxylic acids is 2. The van der Waals surface area contributed by atoms with Gasteiger partial charge in [0.2, 0.25) is 0 Å². The lowest BCUT2D eigenvalue weighted by molar-refractivity contribution is -0.137. The monoisotopic (exact) mass is 386 g/mol. The zero-order valence-electron chi connectivity index (χ0n) is 12.9. The van der Waals surface area contributed by atoms with Crippen molar-refractivity contribution in [2.24, 2.45) is 0 Å². The van der Waals surface area contributed by atoms with Gasteiger partial charge in [0.15, 0.2) is 0 Å². The van der Waals surface area contributed by atoms with Gasteiger partial charge >= 0.3 is 6.18 Å². The zero-order valence-corrected chi connectivity index (χ0v) is 13.7. The Morgan fingerprint density at radius 1 is 1.04 bits per heavy atom. The summed E-state index contributed by atoms with van der Waals surface area (Å²) in [6, 6.07) is 7.78. The molecule has 2 amide bonds. The van der Waals surface area contributed by atoms with Gasteiger partial charge in [-0.2, -0.15) is 13.2 Å².